The summed E-state index contributed by atoms with van der Waals surface area (Å²) in [5.74, 6) is 1.70. The van der Waals surface area contributed by atoms with E-state index in [0.717, 1.165) is 27.9 Å². The van der Waals surface area contributed by atoms with Gasteiger partial charge in [0, 0.05) is 11.1 Å². The van der Waals surface area contributed by atoms with Crippen molar-refractivity contribution in [1.82, 2.24) is 0 Å². The van der Waals surface area contributed by atoms with Crippen LogP contribution in [0.4, 0.5) is 0 Å². The van der Waals surface area contributed by atoms with Gasteiger partial charge in [0.15, 0.2) is 0 Å². The molecule has 4 heteroatoms. The van der Waals surface area contributed by atoms with E-state index in [0.29, 0.717) is 0 Å². The summed E-state index contributed by atoms with van der Waals surface area (Å²) in [6.07, 6.45) is 0. The molecule has 0 heterocycles. The second-order valence-electron chi connectivity index (χ2n) is 8.81. The smallest absolute Gasteiger partial charge is 0.127 e. The molecule has 2 nitrogen and oxygen atoms in total. The lowest BCUT2D eigenvalue weighted by Crippen LogP contribution is -2.24. The van der Waals surface area contributed by atoms with Crippen LogP contribution >= 0.6 is 17.2 Å². The number of methoxy groups -OCH3 is 2. The van der Waals surface area contributed by atoms with Crippen molar-refractivity contribution < 1.29 is 9.47 Å². The minimum Gasteiger partial charge on any atom is -0.496 e. The molecule has 4 aromatic rings. The van der Waals surface area contributed by atoms with E-state index in [2.05, 4.69) is 91.5 Å². The Morgan fingerprint density at radius 2 is 1.03 bits per heavy atom. The summed E-state index contributed by atoms with van der Waals surface area (Å²) in [6, 6.07) is 26.4. The molecule has 0 spiro atoms. The van der Waals surface area contributed by atoms with Gasteiger partial charge in [-0.15, -0.1) is 9.24 Å². The Kier molecular flexibility index (Phi) is 7.42. The fourth-order valence-electron chi connectivity index (χ4n) is 4.70. The van der Waals surface area contributed by atoms with Crippen molar-refractivity contribution in [3.05, 3.63) is 95.1 Å². The molecule has 0 aromatic heterocycles. The quantitative estimate of drug-likeness (QED) is 0.318. The molecule has 0 saturated carbocycles. The lowest BCUT2D eigenvalue weighted by molar-refractivity contribution is 0.411. The van der Waals surface area contributed by atoms with E-state index in [1.807, 2.05) is 18.2 Å². The summed E-state index contributed by atoms with van der Waals surface area (Å²) in [5, 5.41) is 5.03. The van der Waals surface area contributed by atoms with Crippen molar-refractivity contribution in [2.24, 2.45) is 0 Å². The molecule has 4 aromatic carbocycles. The van der Waals surface area contributed by atoms with Gasteiger partial charge in [0.1, 0.15) is 11.5 Å². The highest BCUT2D eigenvalue weighted by Gasteiger charge is 2.26. The maximum Gasteiger partial charge on any atom is 0.127 e. The van der Waals surface area contributed by atoms with Crippen molar-refractivity contribution in [1.29, 1.82) is 0 Å². The van der Waals surface area contributed by atoms with E-state index in [4.69, 9.17) is 9.47 Å². The van der Waals surface area contributed by atoms with Crippen LogP contribution in [0.2, 0.25) is 0 Å². The van der Waals surface area contributed by atoms with E-state index in [9.17, 15) is 0 Å². The molecule has 174 valence electrons. The van der Waals surface area contributed by atoms with Gasteiger partial charge in [-0.1, -0.05) is 82.9 Å². The molecule has 1 unspecified atom stereocenters. The Bertz CT molecular complexity index is 1250. The van der Waals surface area contributed by atoms with Crippen molar-refractivity contribution in [3.8, 4) is 22.6 Å². The summed E-state index contributed by atoms with van der Waals surface area (Å²) >= 11 is 0. The van der Waals surface area contributed by atoms with Gasteiger partial charge in [-0.3, -0.25) is 0 Å². The largest absolute Gasteiger partial charge is 0.496 e. The fraction of sp³-hybridized carbons (Fsp3) is 0.200. The molecular formula is C30H32O2P2. The third-order valence-electron chi connectivity index (χ3n) is 5.92. The third kappa shape index (κ3) is 4.90. The van der Waals surface area contributed by atoms with E-state index in [1.54, 1.807) is 14.2 Å². The van der Waals surface area contributed by atoms with Crippen LogP contribution in [-0.4, -0.2) is 14.2 Å². The minimum atomic E-state index is -0.852. The normalized spacial score (nSPS) is 11.1. The molecule has 0 amide bonds. The Hall–Kier alpha value is -2.66. The molecule has 0 N–H and O–H groups in total. The maximum atomic E-state index is 5.96. The number of rotatable bonds is 6. The second-order valence-corrected chi connectivity index (χ2v) is 11.6. The maximum absolute atomic E-state index is 5.96. The average molecular weight is 487 g/mol. The monoisotopic (exact) mass is 486 g/mol. The third-order valence-corrected chi connectivity index (χ3v) is 8.81. The van der Waals surface area contributed by atoms with Gasteiger partial charge in [0.2, 0.25) is 0 Å². The SMILES string of the molecule is COc1cccc(P)c1-c1c(OC)cccc1P(c1cc(C)cc(C)c1)c1cc(C)cc(C)c1. The molecule has 0 aliphatic carbocycles. The van der Waals surface area contributed by atoms with Gasteiger partial charge in [0.05, 0.1) is 14.2 Å². The molecule has 0 radical (unpaired) electrons. The van der Waals surface area contributed by atoms with Crippen LogP contribution < -0.4 is 30.7 Å². The Morgan fingerprint density at radius 3 is 1.50 bits per heavy atom. The highest BCUT2D eigenvalue weighted by atomic mass is 31.1. The van der Waals surface area contributed by atoms with Crippen LogP contribution in [0, 0.1) is 27.7 Å². The van der Waals surface area contributed by atoms with Gasteiger partial charge in [-0.05, 0) is 69.0 Å². The number of hydrogen-bond acceptors (Lipinski definition) is 2. The predicted molar refractivity (Wildman–Crippen MR) is 152 cm³/mol. The summed E-state index contributed by atoms with van der Waals surface area (Å²) in [5.41, 5.74) is 7.27. The van der Waals surface area contributed by atoms with Crippen molar-refractivity contribution in [2.75, 3.05) is 14.2 Å². The highest BCUT2D eigenvalue weighted by Crippen LogP contribution is 2.43. The first-order valence-electron chi connectivity index (χ1n) is 11.4. The zero-order valence-corrected chi connectivity index (χ0v) is 22.8. The van der Waals surface area contributed by atoms with Gasteiger partial charge in [0.25, 0.3) is 0 Å². The first-order chi connectivity index (χ1) is 16.3. The van der Waals surface area contributed by atoms with Crippen LogP contribution in [0.1, 0.15) is 22.3 Å². The van der Waals surface area contributed by atoms with E-state index >= 15 is 0 Å². The van der Waals surface area contributed by atoms with Crippen LogP contribution in [0.5, 0.6) is 11.5 Å². The van der Waals surface area contributed by atoms with Crippen LogP contribution in [0.15, 0.2) is 72.8 Å². The molecule has 4 rings (SSSR count). The van der Waals surface area contributed by atoms with E-state index in [-0.39, 0.29) is 0 Å². The summed E-state index contributed by atoms with van der Waals surface area (Å²) in [7, 11) is 5.51. The standard InChI is InChI=1S/C30H32O2P2/c1-19-13-20(2)16-23(15-19)34(24-17-21(3)14-22(4)18-24)28-12-8-10-26(32-6)30(28)29-25(31-5)9-7-11-27(29)33/h7-18H,33H2,1-6H3. The summed E-state index contributed by atoms with van der Waals surface area (Å²) in [6.45, 7) is 8.72. The molecule has 0 saturated heterocycles. The Labute approximate surface area is 207 Å². The second kappa shape index (κ2) is 10.3. The first-order valence-corrected chi connectivity index (χ1v) is 13.3. The van der Waals surface area contributed by atoms with Gasteiger partial charge in [-0.2, -0.15) is 0 Å². The summed E-state index contributed by atoms with van der Waals surface area (Å²) < 4.78 is 11.8. The predicted octanol–water partition coefficient (Wildman–Crippen LogP) is 5.86. The zero-order valence-electron chi connectivity index (χ0n) is 20.8. The zero-order chi connectivity index (χ0) is 24.4. The molecular weight excluding hydrogens is 454 g/mol. The number of aryl methyl sites for hydroxylation is 4. The van der Waals surface area contributed by atoms with Gasteiger partial charge >= 0.3 is 0 Å². The average Bonchev–Trinajstić information content (AvgIpc) is 2.78. The molecule has 0 bridgehead atoms. The Morgan fingerprint density at radius 1 is 0.588 bits per heavy atom. The van der Waals surface area contributed by atoms with E-state index in [1.165, 1.54) is 38.2 Å². The van der Waals surface area contributed by atoms with Crippen LogP contribution in [0.25, 0.3) is 11.1 Å². The molecule has 0 aliphatic rings. The van der Waals surface area contributed by atoms with Crippen LogP contribution in [0.3, 0.4) is 0 Å². The van der Waals surface area contributed by atoms with Crippen molar-refractivity contribution in [2.45, 2.75) is 27.7 Å². The van der Waals surface area contributed by atoms with Crippen LogP contribution in [-0.2, 0) is 0 Å². The molecule has 0 fully saturated rings. The fourth-order valence-corrected chi connectivity index (χ4v) is 7.96. The first kappa shape index (κ1) is 24.5. The number of ether oxygens (including phenoxy) is 2. The van der Waals surface area contributed by atoms with Gasteiger partial charge < -0.3 is 9.47 Å². The Balaban J connectivity index is 2.12. The van der Waals surface area contributed by atoms with E-state index < -0.39 is 7.92 Å². The lowest BCUT2D eigenvalue weighted by Gasteiger charge is -2.26. The lowest BCUT2D eigenvalue weighted by atomic mass is 10.0. The number of benzene rings is 4. The molecule has 0 aliphatic heterocycles. The van der Waals surface area contributed by atoms with Gasteiger partial charge in [-0.25, -0.2) is 0 Å². The van der Waals surface area contributed by atoms with Crippen molar-refractivity contribution in [3.63, 3.8) is 0 Å². The molecule has 1 atom stereocenters. The summed E-state index contributed by atoms with van der Waals surface area (Å²) in [4.78, 5) is 0. The number of hydrogen-bond donors (Lipinski definition) is 0. The van der Waals surface area contributed by atoms with Crippen molar-refractivity contribution >= 4 is 38.4 Å². The minimum absolute atomic E-state index is 0.842. The molecule has 34 heavy (non-hydrogen) atoms. The topological polar surface area (TPSA) is 18.5 Å². The highest BCUT2D eigenvalue weighted by molar-refractivity contribution is 7.80.